The first kappa shape index (κ1) is 17.4. The highest BCUT2D eigenvalue weighted by Crippen LogP contribution is 2.34. The van der Waals surface area contributed by atoms with Crippen LogP contribution in [0.3, 0.4) is 0 Å². The molecule has 2 aromatic rings. The molecule has 0 amide bonds. The summed E-state index contributed by atoms with van der Waals surface area (Å²) < 4.78 is 4.17. The van der Waals surface area contributed by atoms with Crippen LogP contribution in [-0.4, -0.2) is 36.9 Å². The van der Waals surface area contributed by atoms with Gasteiger partial charge in [-0.1, -0.05) is 0 Å². The summed E-state index contributed by atoms with van der Waals surface area (Å²) in [4.78, 5) is 45.4. The SMILES string of the molecule is CONCc1nc2c(c(=O)n(CC3CC(C(=O)O)C3)c(=O)n2C)n1C. The lowest BCUT2D eigenvalue weighted by Crippen LogP contribution is -2.43. The highest BCUT2D eigenvalue weighted by molar-refractivity contribution is 5.71. The topological polar surface area (TPSA) is 120 Å². The summed E-state index contributed by atoms with van der Waals surface area (Å²) in [6.07, 6.45) is 0.967. The maximum atomic E-state index is 12.8. The third-order valence-corrected chi connectivity index (χ3v) is 4.85. The number of aliphatic carboxylic acids is 1. The van der Waals surface area contributed by atoms with Crippen LogP contribution in [0, 0.1) is 11.8 Å². The molecule has 0 aromatic carbocycles. The van der Waals surface area contributed by atoms with E-state index in [1.165, 1.54) is 16.2 Å². The van der Waals surface area contributed by atoms with Gasteiger partial charge in [-0.3, -0.25) is 18.7 Å². The molecule has 1 fully saturated rings. The Hall–Kier alpha value is -2.46. The summed E-state index contributed by atoms with van der Waals surface area (Å²) >= 11 is 0. The Morgan fingerprint density at radius 3 is 2.60 bits per heavy atom. The minimum absolute atomic E-state index is 0.0202. The summed E-state index contributed by atoms with van der Waals surface area (Å²) in [7, 11) is 4.76. The molecule has 2 heterocycles. The van der Waals surface area contributed by atoms with Crippen LogP contribution in [-0.2, 0) is 36.8 Å². The molecule has 0 radical (unpaired) electrons. The zero-order chi connectivity index (χ0) is 18.3. The number of nitrogens with zero attached hydrogens (tertiary/aromatic N) is 4. The van der Waals surface area contributed by atoms with Gasteiger partial charge in [0.25, 0.3) is 5.56 Å². The molecule has 2 aromatic heterocycles. The van der Waals surface area contributed by atoms with E-state index in [9.17, 15) is 14.4 Å². The summed E-state index contributed by atoms with van der Waals surface area (Å²) in [5.74, 6) is -0.617. The number of hydroxylamine groups is 1. The molecule has 10 heteroatoms. The first-order valence-electron chi connectivity index (χ1n) is 7.98. The Balaban J connectivity index is 2.00. The van der Waals surface area contributed by atoms with Gasteiger partial charge >= 0.3 is 11.7 Å². The highest BCUT2D eigenvalue weighted by Gasteiger charge is 2.35. The molecule has 0 saturated heterocycles. The van der Waals surface area contributed by atoms with Gasteiger partial charge in [-0.2, -0.15) is 5.48 Å². The number of rotatable bonds is 6. The van der Waals surface area contributed by atoms with Crippen LogP contribution >= 0.6 is 0 Å². The van der Waals surface area contributed by atoms with Gasteiger partial charge in [0.05, 0.1) is 19.6 Å². The smallest absolute Gasteiger partial charge is 0.332 e. The maximum Gasteiger partial charge on any atom is 0.332 e. The molecule has 0 atom stereocenters. The van der Waals surface area contributed by atoms with Gasteiger partial charge in [0, 0.05) is 20.6 Å². The van der Waals surface area contributed by atoms with E-state index in [1.807, 2.05) is 0 Å². The first-order chi connectivity index (χ1) is 11.8. The molecule has 10 nitrogen and oxygen atoms in total. The fourth-order valence-corrected chi connectivity index (χ4v) is 3.29. The number of aryl methyl sites for hydroxylation is 2. The summed E-state index contributed by atoms with van der Waals surface area (Å²) in [6.45, 7) is 0.514. The van der Waals surface area contributed by atoms with E-state index in [1.54, 1.807) is 18.7 Å². The van der Waals surface area contributed by atoms with Gasteiger partial charge in [-0.25, -0.2) is 9.78 Å². The van der Waals surface area contributed by atoms with Crippen molar-refractivity contribution in [3.63, 3.8) is 0 Å². The number of aromatic nitrogens is 4. The quantitative estimate of drug-likeness (QED) is 0.653. The van der Waals surface area contributed by atoms with Crippen molar-refractivity contribution in [1.82, 2.24) is 24.2 Å². The van der Waals surface area contributed by atoms with E-state index in [0.29, 0.717) is 29.8 Å². The van der Waals surface area contributed by atoms with E-state index >= 15 is 0 Å². The van der Waals surface area contributed by atoms with Crippen LogP contribution in [0.5, 0.6) is 0 Å². The maximum absolute atomic E-state index is 12.8. The van der Waals surface area contributed by atoms with Gasteiger partial charge in [0.1, 0.15) is 5.82 Å². The van der Waals surface area contributed by atoms with E-state index in [0.717, 1.165) is 0 Å². The zero-order valence-electron chi connectivity index (χ0n) is 14.4. The molecule has 3 rings (SSSR count). The number of fused-ring (bicyclic) bond motifs is 1. The van der Waals surface area contributed by atoms with E-state index < -0.39 is 17.2 Å². The second-order valence-electron chi connectivity index (χ2n) is 6.41. The third-order valence-electron chi connectivity index (χ3n) is 4.85. The van der Waals surface area contributed by atoms with Crippen molar-refractivity contribution < 1.29 is 14.7 Å². The molecule has 1 saturated carbocycles. The Labute approximate surface area is 142 Å². The molecule has 0 spiro atoms. The number of imidazole rings is 1. The molecule has 0 unspecified atom stereocenters. The van der Waals surface area contributed by atoms with Crippen molar-refractivity contribution in [2.75, 3.05) is 7.11 Å². The number of nitrogens with one attached hydrogen (secondary N) is 1. The summed E-state index contributed by atoms with van der Waals surface area (Å²) in [5, 5.41) is 8.96. The molecular formula is C15H21N5O5. The lowest BCUT2D eigenvalue weighted by Gasteiger charge is -2.32. The standard InChI is InChI=1S/C15H21N5O5/c1-18-10(6-16-25-3)17-12-11(18)13(21)20(15(24)19(12)2)7-8-4-9(5-8)14(22)23/h8-9,16H,4-7H2,1-3H3,(H,22,23). The largest absolute Gasteiger partial charge is 0.481 e. The van der Waals surface area contributed by atoms with E-state index in [2.05, 4.69) is 10.5 Å². The number of carboxylic acids is 1. The van der Waals surface area contributed by atoms with Gasteiger partial charge in [-0.05, 0) is 18.8 Å². The van der Waals surface area contributed by atoms with Crippen LogP contribution in [0.2, 0.25) is 0 Å². The minimum Gasteiger partial charge on any atom is -0.481 e. The van der Waals surface area contributed by atoms with Gasteiger partial charge < -0.3 is 14.5 Å². The monoisotopic (exact) mass is 351 g/mol. The predicted octanol–water partition coefficient (Wildman–Crippen LogP) is -0.804. The molecule has 1 aliphatic rings. The van der Waals surface area contributed by atoms with E-state index in [4.69, 9.17) is 9.94 Å². The second kappa shape index (κ2) is 6.45. The van der Waals surface area contributed by atoms with Crippen LogP contribution in [0.1, 0.15) is 18.7 Å². The van der Waals surface area contributed by atoms with Crippen LogP contribution in [0.25, 0.3) is 11.2 Å². The van der Waals surface area contributed by atoms with Gasteiger partial charge in [0.15, 0.2) is 11.2 Å². The van der Waals surface area contributed by atoms with Crippen molar-refractivity contribution >= 4 is 17.1 Å². The normalized spacial score (nSPS) is 20.0. The second-order valence-corrected chi connectivity index (χ2v) is 6.41. The van der Waals surface area contributed by atoms with Crippen LogP contribution < -0.4 is 16.7 Å². The van der Waals surface area contributed by atoms with Crippen molar-refractivity contribution in [3.8, 4) is 0 Å². The van der Waals surface area contributed by atoms with Gasteiger partial charge in [0.2, 0.25) is 0 Å². The molecular weight excluding hydrogens is 330 g/mol. The van der Waals surface area contributed by atoms with E-state index in [-0.39, 0.29) is 24.9 Å². The lowest BCUT2D eigenvalue weighted by molar-refractivity contribution is -0.146. The molecule has 0 bridgehead atoms. The summed E-state index contributed by atoms with van der Waals surface area (Å²) in [5.41, 5.74) is 2.47. The summed E-state index contributed by atoms with van der Waals surface area (Å²) in [6, 6.07) is 0. The van der Waals surface area contributed by atoms with Crippen molar-refractivity contribution in [2.24, 2.45) is 25.9 Å². The Bertz CT molecular complexity index is 934. The zero-order valence-corrected chi connectivity index (χ0v) is 14.4. The average molecular weight is 351 g/mol. The number of hydrogen-bond donors (Lipinski definition) is 2. The lowest BCUT2D eigenvalue weighted by atomic mass is 9.75. The Morgan fingerprint density at radius 2 is 2.00 bits per heavy atom. The Morgan fingerprint density at radius 1 is 1.32 bits per heavy atom. The molecule has 25 heavy (non-hydrogen) atoms. The highest BCUT2D eigenvalue weighted by atomic mass is 16.6. The van der Waals surface area contributed by atoms with Crippen molar-refractivity contribution in [1.29, 1.82) is 0 Å². The number of hydrogen-bond acceptors (Lipinski definition) is 6. The van der Waals surface area contributed by atoms with Crippen molar-refractivity contribution in [2.45, 2.75) is 25.9 Å². The number of carboxylic acid groups (broad SMARTS) is 1. The van der Waals surface area contributed by atoms with Gasteiger partial charge in [-0.15, -0.1) is 0 Å². The Kier molecular flexibility index (Phi) is 4.48. The fraction of sp³-hybridized carbons (Fsp3) is 0.600. The van der Waals surface area contributed by atoms with Crippen LogP contribution in [0.15, 0.2) is 9.59 Å². The molecule has 136 valence electrons. The number of carbonyl (C=O) groups is 1. The molecule has 0 aliphatic heterocycles. The fourth-order valence-electron chi connectivity index (χ4n) is 3.29. The predicted molar refractivity (Wildman–Crippen MR) is 87.9 cm³/mol. The minimum atomic E-state index is -0.825. The van der Waals surface area contributed by atoms with Crippen molar-refractivity contribution in [3.05, 3.63) is 26.7 Å². The van der Waals surface area contributed by atoms with Crippen LogP contribution in [0.4, 0.5) is 0 Å². The average Bonchev–Trinajstić information content (AvgIpc) is 2.85. The third kappa shape index (κ3) is 2.87. The molecule has 1 aliphatic carbocycles. The first-order valence-corrected chi connectivity index (χ1v) is 7.98. The molecule has 2 N–H and O–H groups in total.